The number of nitrogens with zero attached hydrogens (tertiary/aromatic N) is 2. The summed E-state index contributed by atoms with van der Waals surface area (Å²) in [6.45, 7) is 5.00. The largest absolute Gasteiger partial charge is 0.254 e. The Hall–Kier alpha value is -0.170. The molecule has 1 aliphatic rings. The van der Waals surface area contributed by atoms with Crippen molar-refractivity contribution in [3.05, 3.63) is 10.2 Å². The highest BCUT2D eigenvalue weighted by molar-refractivity contribution is 7.91. The zero-order valence-corrected chi connectivity index (χ0v) is 12.2. The zero-order chi connectivity index (χ0) is 12.6. The van der Waals surface area contributed by atoms with Crippen molar-refractivity contribution < 1.29 is 8.42 Å². The summed E-state index contributed by atoms with van der Waals surface area (Å²) in [5.74, 6) is 0.480. The van der Waals surface area contributed by atoms with Crippen LogP contribution in [0.15, 0.2) is 4.21 Å². The molecule has 96 valence electrons. The lowest BCUT2D eigenvalue weighted by Crippen LogP contribution is -2.28. The summed E-state index contributed by atoms with van der Waals surface area (Å²) in [5.41, 5.74) is 0.500. The minimum Gasteiger partial charge on any atom is -0.229 e. The predicted molar refractivity (Wildman–Crippen MR) is 69.0 cm³/mol. The molecule has 1 aliphatic heterocycles. The Morgan fingerprint density at radius 1 is 1.59 bits per heavy atom. The topological polar surface area (TPSA) is 50.3 Å². The molecule has 0 aromatic carbocycles. The quantitative estimate of drug-likeness (QED) is 0.861. The van der Waals surface area contributed by atoms with E-state index in [9.17, 15) is 8.42 Å². The smallest absolute Gasteiger partial charge is 0.229 e. The summed E-state index contributed by atoms with van der Waals surface area (Å²) in [6.07, 6.45) is 1.97. The maximum atomic E-state index is 12.4. The highest BCUT2D eigenvalue weighted by Gasteiger charge is 2.34. The van der Waals surface area contributed by atoms with Crippen molar-refractivity contribution in [1.82, 2.24) is 9.29 Å². The third-order valence-corrected chi connectivity index (χ3v) is 6.84. The summed E-state index contributed by atoms with van der Waals surface area (Å²) in [5, 5.41) is 0. The van der Waals surface area contributed by atoms with Crippen LogP contribution in [0.3, 0.4) is 0 Å². The fourth-order valence-electron chi connectivity index (χ4n) is 2.06. The zero-order valence-electron chi connectivity index (χ0n) is 9.81. The third-order valence-electron chi connectivity index (χ3n) is 3.13. The molecule has 0 bridgehead atoms. The van der Waals surface area contributed by atoms with Gasteiger partial charge in [0.15, 0.2) is 8.68 Å². The second-order valence-corrected chi connectivity index (χ2v) is 7.98. The summed E-state index contributed by atoms with van der Waals surface area (Å²) in [6, 6.07) is 0. The van der Waals surface area contributed by atoms with Crippen LogP contribution in [-0.4, -0.2) is 30.8 Å². The molecule has 0 radical (unpaired) electrons. The van der Waals surface area contributed by atoms with E-state index in [1.807, 2.05) is 0 Å². The summed E-state index contributed by atoms with van der Waals surface area (Å²) in [4.78, 5) is 3.97. The number of rotatable bonds is 3. The van der Waals surface area contributed by atoms with Gasteiger partial charge in [0.05, 0.1) is 5.69 Å². The minimum atomic E-state index is -3.39. The van der Waals surface area contributed by atoms with E-state index in [1.165, 1.54) is 0 Å². The molecule has 1 fully saturated rings. The molecule has 1 aromatic heterocycles. The minimum absolute atomic E-state index is 0.285. The van der Waals surface area contributed by atoms with Gasteiger partial charge in [0, 0.05) is 13.1 Å². The first-order chi connectivity index (χ1) is 7.95. The van der Waals surface area contributed by atoms with Crippen molar-refractivity contribution in [2.24, 2.45) is 5.92 Å². The molecule has 1 saturated heterocycles. The number of sulfonamides is 1. The van der Waals surface area contributed by atoms with Gasteiger partial charge in [-0.25, -0.2) is 13.4 Å². The molecular weight excluding hydrogens is 280 g/mol. The Morgan fingerprint density at radius 3 is 2.76 bits per heavy atom. The Kier molecular flexibility index (Phi) is 3.77. The molecule has 0 saturated carbocycles. The van der Waals surface area contributed by atoms with E-state index >= 15 is 0 Å². The highest BCUT2D eigenvalue weighted by atomic mass is 35.5. The highest BCUT2D eigenvalue weighted by Crippen LogP contribution is 2.32. The molecule has 0 N–H and O–H groups in total. The van der Waals surface area contributed by atoms with E-state index in [1.54, 1.807) is 11.2 Å². The standard InChI is InChI=1S/C10H15ClN2O2S2/c1-3-8-4-5-13(6-8)17(14,15)9-7(2)12-10(11)16-9/h8H,3-6H2,1-2H3. The Bertz CT molecular complexity index is 512. The van der Waals surface area contributed by atoms with E-state index in [2.05, 4.69) is 11.9 Å². The van der Waals surface area contributed by atoms with Crippen LogP contribution in [0.5, 0.6) is 0 Å². The molecule has 0 aliphatic carbocycles. The number of hydrogen-bond acceptors (Lipinski definition) is 4. The summed E-state index contributed by atoms with van der Waals surface area (Å²) >= 11 is 6.80. The maximum Gasteiger partial charge on any atom is 0.254 e. The number of hydrogen-bond donors (Lipinski definition) is 0. The van der Waals surface area contributed by atoms with Crippen molar-refractivity contribution in [2.75, 3.05) is 13.1 Å². The average molecular weight is 295 g/mol. The van der Waals surface area contributed by atoms with Crippen LogP contribution < -0.4 is 0 Å². The molecule has 2 rings (SSSR count). The molecule has 1 atom stereocenters. The summed E-state index contributed by atoms with van der Waals surface area (Å²) < 4.78 is 26.9. The monoisotopic (exact) mass is 294 g/mol. The fourth-order valence-corrected chi connectivity index (χ4v) is 5.46. The number of aryl methyl sites for hydroxylation is 1. The lowest BCUT2D eigenvalue weighted by molar-refractivity contribution is 0.454. The van der Waals surface area contributed by atoms with E-state index in [0.717, 1.165) is 24.2 Å². The Labute approximate surface area is 111 Å². The molecule has 7 heteroatoms. The maximum absolute atomic E-state index is 12.4. The summed E-state index contributed by atoms with van der Waals surface area (Å²) in [7, 11) is -3.39. The van der Waals surface area contributed by atoms with Crippen LogP contribution in [0.25, 0.3) is 0 Å². The van der Waals surface area contributed by atoms with Gasteiger partial charge in [-0.05, 0) is 19.3 Å². The molecule has 2 heterocycles. The van der Waals surface area contributed by atoms with E-state index < -0.39 is 10.0 Å². The molecule has 0 amide bonds. The first-order valence-electron chi connectivity index (χ1n) is 5.58. The van der Waals surface area contributed by atoms with Crippen LogP contribution in [0, 0.1) is 12.8 Å². The van der Waals surface area contributed by atoms with Gasteiger partial charge >= 0.3 is 0 Å². The van der Waals surface area contributed by atoms with Gasteiger partial charge in [-0.3, -0.25) is 0 Å². The number of thiazole rings is 1. The van der Waals surface area contributed by atoms with Gasteiger partial charge in [-0.2, -0.15) is 4.31 Å². The van der Waals surface area contributed by atoms with Crippen molar-refractivity contribution in [3.8, 4) is 0 Å². The molecule has 1 aromatic rings. The van der Waals surface area contributed by atoms with Gasteiger partial charge in [-0.15, -0.1) is 0 Å². The molecule has 0 spiro atoms. The van der Waals surface area contributed by atoms with Crippen LogP contribution in [0.4, 0.5) is 0 Å². The van der Waals surface area contributed by atoms with Crippen LogP contribution in [-0.2, 0) is 10.0 Å². The van der Waals surface area contributed by atoms with E-state index in [4.69, 9.17) is 11.6 Å². The van der Waals surface area contributed by atoms with Crippen LogP contribution in [0.1, 0.15) is 25.5 Å². The van der Waals surface area contributed by atoms with E-state index in [-0.39, 0.29) is 4.47 Å². The fraction of sp³-hybridized carbons (Fsp3) is 0.700. The third kappa shape index (κ3) is 2.50. The normalized spacial score (nSPS) is 22.2. The molecule has 17 heavy (non-hydrogen) atoms. The Morgan fingerprint density at radius 2 is 2.29 bits per heavy atom. The lowest BCUT2D eigenvalue weighted by atomic mass is 10.1. The Balaban J connectivity index is 2.28. The first kappa shape index (κ1) is 13.3. The average Bonchev–Trinajstić information content (AvgIpc) is 2.85. The van der Waals surface area contributed by atoms with Crippen molar-refractivity contribution >= 4 is 33.0 Å². The van der Waals surface area contributed by atoms with Gasteiger partial charge in [-0.1, -0.05) is 36.3 Å². The molecule has 4 nitrogen and oxygen atoms in total. The van der Waals surface area contributed by atoms with Gasteiger partial charge in [0.2, 0.25) is 0 Å². The predicted octanol–water partition coefficient (Wildman–Crippen LogP) is 2.53. The van der Waals surface area contributed by atoms with Crippen molar-refractivity contribution in [2.45, 2.75) is 30.9 Å². The number of halogens is 1. The molecular formula is C10H15ClN2O2S2. The number of aromatic nitrogens is 1. The first-order valence-corrected chi connectivity index (χ1v) is 8.21. The second kappa shape index (κ2) is 4.84. The van der Waals surface area contributed by atoms with Gasteiger partial charge in [0.25, 0.3) is 10.0 Å². The van der Waals surface area contributed by atoms with Crippen molar-refractivity contribution in [3.63, 3.8) is 0 Å². The van der Waals surface area contributed by atoms with Gasteiger partial charge < -0.3 is 0 Å². The van der Waals surface area contributed by atoms with Crippen LogP contribution in [0.2, 0.25) is 4.47 Å². The van der Waals surface area contributed by atoms with Crippen LogP contribution >= 0.6 is 22.9 Å². The lowest BCUT2D eigenvalue weighted by Gasteiger charge is -2.15. The second-order valence-electron chi connectivity index (χ2n) is 4.27. The van der Waals surface area contributed by atoms with Gasteiger partial charge in [0.1, 0.15) is 0 Å². The van der Waals surface area contributed by atoms with E-state index in [0.29, 0.717) is 28.9 Å². The SMILES string of the molecule is CCC1CCN(S(=O)(=O)c2sc(Cl)nc2C)C1. The molecule has 1 unspecified atom stereocenters. The van der Waals surface area contributed by atoms with Crippen molar-refractivity contribution in [1.29, 1.82) is 0 Å².